The van der Waals surface area contributed by atoms with Crippen LogP contribution in [-0.4, -0.2) is 31.4 Å². The first-order valence-corrected chi connectivity index (χ1v) is 6.50. The molecule has 5 nitrogen and oxygen atoms in total. The predicted octanol–water partition coefficient (Wildman–Crippen LogP) is 2.50. The van der Waals surface area contributed by atoms with Gasteiger partial charge in [-0.1, -0.05) is 6.07 Å². The first kappa shape index (κ1) is 15.1. The molecule has 1 N–H and O–H groups in total. The summed E-state index contributed by atoms with van der Waals surface area (Å²) in [6, 6.07) is 5.30. The molecule has 1 unspecified atom stereocenters. The number of aryl methyl sites for hydroxylation is 1. The van der Waals surface area contributed by atoms with Gasteiger partial charge in [-0.15, -0.1) is 0 Å². The van der Waals surface area contributed by atoms with Gasteiger partial charge < -0.3 is 19.3 Å². The second-order valence-electron chi connectivity index (χ2n) is 4.64. The molecule has 21 heavy (non-hydrogen) atoms. The van der Waals surface area contributed by atoms with Crippen LogP contribution in [0.15, 0.2) is 30.6 Å². The van der Waals surface area contributed by atoms with E-state index in [0.29, 0.717) is 28.4 Å². The fourth-order valence-electron chi connectivity index (χ4n) is 2.20. The summed E-state index contributed by atoms with van der Waals surface area (Å²) in [5.74, 6) is 1.60. The van der Waals surface area contributed by atoms with Crippen LogP contribution in [0.25, 0.3) is 0 Å². The van der Waals surface area contributed by atoms with Crippen molar-refractivity contribution in [3.8, 4) is 17.2 Å². The van der Waals surface area contributed by atoms with Gasteiger partial charge in [-0.2, -0.15) is 0 Å². The molecule has 0 amide bonds. The number of aromatic nitrogens is 1. The molecule has 0 aliphatic carbocycles. The number of nitrogens with zero attached hydrogens (tertiary/aromatic N) is 1. The number of pyridine rings is 1. The smallest absolute Gasteiger partial charge is 0.132 e. The van der Waals surface area contributed by atoms with Crippen molar-refractivity contribution in [3.05, 3.63) is 47.3 Å². The molecule has 1 atom stereocenters. The van der Waals surface area contributed by atoms with Gasteiger partial charge in [0.15, 0.2) is 0 Å². The third-order valence-corrected chi connectivity index (χ3v) is 3.24. The van der Waals surface area contributed by atoms with Crippen molar-refractivity contribution >= 4 is 0 Å². The molecule has 0 radical (unpaired) electrons. The van der Waals surface area contributed by atoms with Crippen LogP contribution in [0.4, 0.5) is 0 Å². The van der Waals surface area contributed by atoms with Crippen LogP contribution in [0.3, 0.4) is 0 Å². The third kappa shape index (κ3) is 3.08. The van der Waals surface area contributed by atoms with Crippen molar-refractivity contribution in [1.82, 2.24) is 4.98 Å². The maximum absolute atomic E-state index is 10.7. The van der Waals surface area contributed by atoms with E-state index in [2.05, 4.69) is 4.98 Å². The van der Waals surface area contributed by atoms with E-state index in [1.165, 1.54) is 0 Å². The van der Waals surface area contributed by atoms with Gasteiger partial charge >= 0.3 is 0 Å². The maximum Gasteiger partial charge on any atom is 0.132 e. The molecule has 0 fully saturated rings. The minimum atomic E-state index is -0.895. The third-order valence-electron chi connectivity index (χ3n) is 3.24. The van der Waals surface area contributed by atoms with E-state index in [1.807, 2.05) is 13.0 Å². The van der Waals surface area contributed by atoms with Crippen LogP contribution in [0.2, 0.25) is 0 Å². The fraction of sp³-hybridized carbons (Fsp3) is 0.312. The topological polar surface area (TPSA) is 60.8 Å². The molecular weight excluding hydrogens is 270 g/mol. The summed E-state index contributed by atoms with van der Waals surface area (Å²) in [5.41, 5.74) is 2.20. The van der Waals surface area contributed by atoms with Gasteiger partial charge in [-0.3, -0.25) is 4.98 Å². The van der Waals surface area contributed by atoms with E-state index >= 15 is 0 Å². The zero-order chi connectivity index (χ0) is 15.4. The lowest BCUT2D eigenvalue weighted by Gasteiger charge is -2.19. The van der Waals surface area contributed by atoms with Gasteiger partial charge in [0.2, 0.25) is 0 Å². The summed E-state index contributed by atoms with van der Waals surface area (Å²) in [6.45, 7) is 1.92. The largest absolute Gasteiger partial charge is 0.496 e. The maximum atomic E-state index is 10.7. The van der Waals surface area contributed by atoms with Crippen molar-refractivity contribution in [2.75, 3.05) is 21.3 Å². The van der Waals surface area contributed by atoms with Crippen LogP contribution in [0.1, 0.15) is 22.8 Å². The van der Waals surface area contributed by atoms with E-state index in [9.17, 15) is 5.11 Å². The molecule has 0 aliphatic heterocycles. The van der Waals surface area contributed by atoms with E-state index < -0.39 is 6.10 Å². The highest BCUT2D eigenvalue weighted by Gasteiger charge is 2.22. The number of hydrogen-bond donors (Lipinski definition) is 1. The molecule has 2 rings (SSSR count). The zero-order valence-corrected chi connectivity index (χ0v) is 12.6. The monoisotopic (exact) mass is 289 g/mol. The molecule has 0 bridgehead atoms. The Balaban J connectivity index is 2.55. The minimum absolute atomic E-state index is 0.500. The fourth-order valence-corrected chi connectivity index (χ4v) is 2.20. The minimum Gasteiger partial charge on any atom is -0.496 e. The summed E-state index contributed by atoms with van der Waals surface area (Å²) in [6.07, 6.45) is 2.47. The molecule has 2 aromatic rings. The van der Waals surface area contributed by atoms with Gasteiger partial charge in [-0.05, 0) is 12.5 Å². The molecule has 0 spiro atoms. The normalized spacial score (nSPS) is 11.9. The van der Waals surface area contributed by atoms with Crippen LogP contribution in [-0.2, 0) is 0 Å². The predicted molar refractivity (Wildman–Crippen MR) is 79.1 cm³/mol. The van der Waals surface area contributed by atoms with Crippen LogP contribution in [0, 0.1) is 6.92 Å². The Kier molecular flexibility index (Phi) is 4.65. The highest BCUT2D eigenvalue weighted by molar-refractivity contribution is 5.54. The summed E-state index contributed by atoms with van der Waals surface area (Å²) >= 11 is 0. The highest BCUT2D eigenvalue weighted by atomic mass is 16.5. The molecule has 0 saturated carbocycles. The first-order valence-electron chi connectivity index (χ1n) is 6.50. The van der Waals surface area contributed by atoms with Crippen LogP contribution < -0.4 is 14.2 Å². The Hall–Kier alpha value is -2.27. The zero-order valence-electron chi connectivity index (χ0n) is 12.6. The van der Waals surface area contributed by atoms with Crippen molar-refractivity contribution in [1.29, 1.82) is 0 Å². The lowest BCUT2D eigenvalue weighted by Crippen LogP contribution is -2.06. The lowest BCUT2D eigenvalue weighted by atomic mass is 9.99. The Bertz CT molecular complexity index is 602. The Labute approximate surface area is 124 Å². The van der Waals surface area contributed by atoms with Crippen molar-refractivity contribution in [2.24, 2.45) is 0 Å². The number of aliphatic hydroxyl groups is 1. The number of rotatable bonds is 5. The average molecular weight is 289 g/mol. The molecule has 1 heterocycles. The van der Waals surface area contributed by atoms with E-state index in [4.69, 9.17) is 14.2 Å². The standard InChI is InChI=1S/C16H19NO4/c1-10-5-11(9-17-8-10)16(18)15-13(20-3)6-12(19-2)7-14(15)21-4/h5-9,16,18H,1-4H3. The SMILES string of the molecule is COc1cc(OC)c(C(O)c2cncc(C)c2)c(OC)c1. The quantitative estimate of drug-likeness (QED) is 0.916. The van der Waals surface area contributed by atoms with Gasteiger partial charge in [0.25, 0.3) is 0 Å². The summed E-state index contributed by atoms with van der Waals surface area (Å²) < 4.78 is 15.9. The Morgan fingerprint density at radius 2 is 1.57 bits per heavy atom. The van der Waals surface area contributed by atoms with Crippen molar-refractivity contribution in [3.63, 3.8) is 0 Å². The lowest BCUT2D eigenvalue weighted by molar-refractivity contribution is 0.208. The van der Waals surface area contributed by atoms with Crippen molar-refractivity contribution in [2.45, 2.75) is 13.0 Å². The molecule has 112 valence electrons. The van der Waals surface area contributed by atoms with Crippen molar-refractivity contribution < 1.29 is 19.3 Å². The molecule has 1 aromatic carbocycles. The molecule has 5 heteroatoms. The van der Waals surface area contributed by atoms with Gasteiger partial charge in [0.05, 0.1) is 26.9 Å². The van der Waals surface area contributed by atoms with Crippen LogP contribution in [0.5, 0.6) is 17.2 Å². The van der Waals surface area contributed by atoms with Gasteiger partial charge in [0, 0.05) is 30.1 Å². The number of methoxy groups -OCH3 is 3. The van der Waals surface area contributed by atoms with E-state index in [0.717, 1.165) is 5.56 Å². The number of hydrogen-bond acceptors (Lipinski definition) is 5. The summed E-state index contributed by atoms with van der Waals surface area (Å²) in [7, 11) is 4.65. The summed E-state index contributed by atoms with van der Waals surface area (Å²) in [5, 5.41) is 10.7. The van der Waals surface area contributed by atoms with Gasteiger partial charge in [-0.25, -0.2) is 0 Å². The summed E-state index contributed by atoms with van der Waals surface area (Å²) in [4.78, 5) is 4.11. The molecule has 0 aliphatic rings. The Morgan fingerprint density at radius 1 is 0.952 bits per heavy atom. The average Bonchev–Trinajstić information content (AvgIpc) is 2.52. The van der Waals surface area contributed by atoms with E-state index in [-0.39, 0.29) is 0 Å². The van der Waals surface area contributed by atoms with E-state index in [1.54, 1.807) is 45.9 Å². The molecule has 0 saturated heterocycles. The number of aliphatic hydroxyl groups excluding tert-OH is 1. The molecular formula is C16H19NO4. The molecule has 1 aromatic heterocycles. The highest BCUT2D eigenvalue weighted by Crippen LogP contribution is 2.40. The Morgan fingerprint density at radius 3 is 2.05 bits per heavy atom. The van der Waals surface area contributed by atoms with Crippen LogP contribution >= 0.6 is 0 Å². The van der Waals surface area contributed by atoms with Gasteiger partial charge in [0.1, 0.15) is 23.4 Å². The second-order valence-corrected chi connectivity index (χ2v) is 4.64. The second kappa shape index (κ2) is 6.45. The first-order chi connectivity index (χ1) is 10.1. The number of ether oxygens (including phenoxy) is 3. The number of benzene rings is 1.